The Morgan fingerprint density at radius 2 is 1.83 bits per heavy atom. The molecule has 0 saturated carbocycles. The minimum Gasteiger partial charge on any atom is -0.410 e. The molecule has 11 heteroatoms. The van der Waals surface area contributed by atoms with Crippen molar-refractivity contribution in [3.8, 4) is 16.9 Å². The van der Waals surface area contributed by atoms with Crippen LogP contribution in [0.2, 0.25) is 0 Å². The van der Waals surface area contributed by atoms with E-state index in [0.717, 1.165) is 6.20 Å². The van der Waals surface area contributed by atoms with E-state index in [0.29, 0.717) is 12.1 Å². The second-order valence-corrected chi connectivity index (χ2v) is 6.03. The van der Waals surface area contributed by atoms with Gasteiger partial charge in [-0.15, -0.1) is 0 Å². The van der Waals surface area contributed by atoms with Gasteiger partial charge < -0.3 is 4.74 Å². The van der Waals surface area contributed by atoms with E-state index in [1.807, 2.05) is 5.32 Å². The summed E-state index contributed by atoms with van der Waals surface area (Å²) in [5.41, 5.74) is -2.22. The van der Waals surface area contributed by atoms with Gasteiger partial charge in [0.15, 0.2) is 5.52 Å². The predicted molar refractivity (Wildman–Crippen MR) is 96.1 cm³/mol. The zero-order valence-corrected chi connectivity index (χ0v) is 14.8. The second-order valence-electron chi connectivity index (χ2n) is 6.03. The number of amides is 1. The monoisotopic (exact) mass is 418 g/mol. The van der Waals surface area contributed by atoms with E-state index in [2.05, 4.69) is 19.9 Å². The summed E-state index contributed by atoms with van der Waals surface area (Å²) < 4.78 is 64.9. The molecule has 0 fully saturated rings. The standard InChI is InChI=1S/C19H10F4N4O3/c20-14-7-12(10-6-16-17(24-9-10)27-30-26-16)13(19(21,22)23)8-15(14)25-18(28)29-11-4-2-1-3-5-11/h1-9H,(H,25,28). The van der Waals surface area contributed by atoms with Crippen molar-refractivity contribution < 1.29 is 31.7 Å². The van der Waals surface area contributed by atoms with Crippen molar-refractivity contribution in [3.63, 3.8) is 0 Å². The summed E-state index contributed by atoms with van der Waals surface area (Å²) in [7, 11) is 0. The number of para-hydroxylation sites is 1. The minimum absolute atomic E-state index is 0.0529. The quantitative estimate of drug-likeness (QED) is 0.468. The Morgan fingerprint density at radius 1 is 1.07 bits per heavy atom. The number of carbonyl (C=O) groups excluding carboxylic acids is 1. The first-order chi connectivity index (χ1) is 14.3. The molecule has 4 rings (SSSR count). The maximum absolute atomic E-state index is 14.6. The molecule has 0 spiro atoms. The lowest BCUT2D eigenvalue weighted by Crippen LogP contribution is -2.18. The highest BCUT2D eigenvalue weighted by Crippen LogP contribution is 2.40. The number of benzene rings is 2. The zero-order chi connectivity index (χ0) is 21.3. The van der Waals surface area contributed by atoms with Crippen LogP contribution in [0.15, 0.2) is 59.4 Å². The molecule has 2 heterocycles. The second kappa shape index (κ2) is 7.43. The lowest BCUT2D eigenvalue weighted by Gasteiger charge is -2.16. The molecule has 1 N–H and O–H groups in total. The van der Waals surface area contributed by atoms with Gasteiger partial charge in [-0.2, -0.15) is 13.2 Å². The molecule has 2 aromatic carbocycles. The van der Waals surface area contributed by atoms with Gasteiger partial charge in [-0.25, -0.2) is 18.8 Å². The van der Waals surface area contributed by atoms with Gasteiger partial charge in [-0.1, -0.05) is 18.2 Å². The number of aromatic nitrogens is 3. The van der Waals surface area contributed by atoms with E-state index in [1.165, 1.54) is 18.2 Å². The first-order valence-electron chi connectivity index (χ1n) is 8.34. The normalized spacial score (nSPS) is 11.5. The molecule has 7 nitrogen and oxygen atoms in total. The summed E-state index contributed by atoms with van der Waals surface area (Å²) in [6.07, 6.45) is -4.90. The lowest BCUT2D eigenvalue weighted by atomic mass is 9.99. The van der Waals surface area contributed by atoms with Gasteiger partial charge in [-0.3, -0.25) is 5.32 Å². The average Bonchev–Trinajstić information content (AvgIpc) is 3.17. The molecular weight excluding hydrogens is 408 g/mol. The molecule has 152 valence electrons. The first-order valence-corrected chi connectivity index (χ1v) is 8.34. The van der Waals surface area contributed by atoms with E-state index < -0.39 is 34.9 Å². The van der Waals surface area contributed by atoms with Gasteiger partial charge in [0.25, 0.3) is 0 Å². The van der Waals surface area contributed by atoms with Crippen molar-refractivity contribution in [1.29, 1.82) is 0 Å². The van der Waals surface area contributed by atoms with Crippen LogP contribution >= 0.6 is 0 Å². The van der Waals surface area contributed by atoms with Crippen molar-refractivity contribution in [3.05, 3.63) is 66.1 Å². The molecule has 30 heavy (non-hydrogen) atoms. The van der Waals surface area contributed by atoms with Crippen LogP contribution < -0.4 is 10.1 Å². The predicted octanol–water partition coefficient (Wildman–Crippen LogP) is 5.05. The Morgan fingerprint density at radius 3 is 2.57 bits per heavy atom. The number of anilines is 1. The Labute approximate surface area is 165 Å². The fourth-order valence-electron chi connectivity index (χ4n) is 2.71. The van der Waals surface area contributed by atoms with E-state index in [-0.39, 0.29) is 22.5 Å². The maximum Gasteiger partial charge on any atom is 0.417 e. The molecule has 0 aliphatic carbocycles. The summed E-state index contributed by atoms with van der Waals surface area (Å²) in [5, 5.41) is 8.97. The highest BCUT2D eigenvalue weighted by Gasteiger charge is 2.35. The number of ether oxygens (including phenoxy) is 1. The number of nitrogens with zero attached hydrogens (tertiary/aromatic N) is 3. The average molecular weight is 418 g/mol. The van der Waals surface area contributed by atoms with E-state index in [9.17, 15) is 22.4 Å². The third-order valence-electron chi connectivity index (χ3n) is 4.03. The highest BCUT2D eigenvalue weighted by atomic mass is 19.4. The molecule has 0 bridgehead atoms. The number of halogens is 4. The number of alkyl halides is 3. The molecule has 0 atom stereocenters. The largest absolute Gasteiger partial charge is 0.417 e. The number of carbonyl (C=O) groups is 1. The summed E-state index contributed by atoms with van der Waals surface area (Å²) >= 11 is 0. The number of nitrogens with one attached hydrogen (secondary N) is 1. The molecule has 4 aromatic rings. The SMILES string of the molecule is O=C(Nc1cc(C(F)(F)F)c(-c2cnc3nonc3c2)cc1F)Oc1ccccc1. The summed E-state index contributed by atoms with van der Waals surface area (Å²) in [5.74, 6) is -0.954. The molecule has 2 aromatic heterocycles. The van der Waals surface area contributed by atoms with Crippen LogP contribution in [0, 0.1) is 5.82 Å². The Balaban J connectivity index is 1.70. The summed E-state index contributed by atoms with van der Waals surface area (Å²) in [4.78, 5) is 15.8. The number of hydrogen-bond acceptors (Lipinski definition) is 6. The lowest BCUT2D eigenvalue weighted by molar-refractivity contribution is -0.137. The van der Waals surface area contributed by atoms with Gasteiger partial charge in [0.1, 0.15) is 11.6 Å². The van der Waals surface area contributed by atoms with Crippen LogP contribution in [0.25, 0.3) is 22.3 Å². The van der Waals surface area contributed by atoms with Crippen molar-refractivity contribution in [2.75, 3.05) is 5.32 Å². The highest BCUT2D eigenvalue weighted by molar-refractivity contribution is 5.88. The molecule has 0 unspecified atom stereocenters. The molecule has 0 radical (unpaired) electrons. The van der Waals surface area contributed by atoms with Crippen molar-refractivity contribution in [2.45, 2.75) is 6.18 Å². The summed E-state index contributed by atoms with van der Waals surface area (Å²) in [6, 6.07) is 10.2. The molecule has 0 aliphatic rings. The first kappa shape index (κ1) is 19.3. The van der Waals surface area contributed by atoms with Crippen LogP contribution in [0.5, 0.6) is 5.75 Å². The molecular formula is C19H10F4N4O3. The molecule has 0 saturated heterocycles. The van der Waals surface area contributed by atoms with E-state index >= 15 is 0 Å². The van der Waals surface area contributed by atoms with Gasteiger partial charge >= 0.3 is 12.3 Å². The maximum atomic E-state index is 14.6. The van der Waals surface area contributed by atoms with Crippen molar-refractivity contribution >= 4 is 22.9 Å². The van der Waals surface area contributed by atoms with Crippen LogP contribution in [0.1, 0.15) is 5.56 Å². The fraction of sp³-hybridized carbons (Fsp3) is 0.0526. The number of pyridine rings is 1. The number of rotatable bonds is 3. The Hall–Kier alpha value is -4.02. The van der Waals surface area contributed by atoms with Crippen molar-refractivity contribution in [2.24, 2.45) is 0 Å². The number of fused-ring (bicyclic) bond motifs is 1. The molecule has 0 aliphatic heterocycles. The fourth-order valence-corrected chi connectivity index (χ4v) is 2.71. The van der Waals surface area contributed by atoms with Crippen molar-refractivity contribution in [1.82, 2.24) is 15.3 Å². The van der Waals surface area contributed by atoms with Gasteiger partial charge in [0, 0.05) is 11.8 Å². The molecule has 1 amide bonds. The Bertz CT molecular complexity index is 1230. The van der Waals surface area contributed by atoms with Gasteiger partial charge in [-0.05, 0) is 46.2 Å². The van der Waals surface area contributed by atoms with Crippen LogP contribution in [-0.2, 0) is 6.18 Å². The van der Waals surface area contributed by atoms with Crippen LogP contribution in [-0.4, -0.2) is 21.4 Å². The van der Waals surface area contributed by atoms with Gasteiger partial charge in [0.2, 0.25) is 5.65 Å². The van der Waals surface area contributed by atoms with E-state index in [4.69, 9.17) is 4.74 Å². The number of hydrogen-bond donors (Lipinski definition) is 1. The third kappa shape index (κ3) is 3.90. The summed E-state index contributed by atoms with van der Waals surface area (Å²) in [6.45, 7) is 0. The third-order valence-corrected chi connectivity index (χ3v) is 4.03. The van der Waals surface area contributed by atoms with Gasteiger partial charge in [0.05, 0.1) is 11.3 Å². The minimum atomic E-state index is -4.85. The van der Waals surface area contributed by atoms with E-state index in [1.54, 1.807) is 18.2 Å². The smallest absolute Gasteiger partial charge is 0.410 e. The Kier molecular flexibility index (Phi) is 4.78. The van der Waals surface area contributed by atoms with Crippen LogP contribution in [0.4, 0.5) is 28.0 Å². The van der Waals surface area contributed by atoms with Crippen LogP contribution in [0.3, 0.4) is 0 Å². The topological polar surface area (TPSA) is 90.1 Å². The zero-order valence-electron chi connectivity index (χ0n) is 14.8.